The molecule has 2 aromatic rings. The van der Waals surface area contributed by atoms with Gasteiger partial charge in [-0.25, -0.2) is 12.8 Å². The van der Waals surface area contributed by atoms with E-state index in [1.54, 1.807) is 18.2 Å². The molecule has 0 saturated carbocycles. The van der Waals surface area contributed by atoms with Gasteiger partial charge in [0.25, 0.3) is 10.0 Å². The van der Waals surface area contributed by atoms with Crippen LogP contribution in [0.15, 0.2) is 46.0 Å². The minimum absolute atomic E-state index is 0.220. The topological polar surface area (TPSA) is 59.1 Å². The molecule has 0 bridgehead atoms. The monoisotopic (exact) mass is 456 g/mol. The SMILES string of the molecule is O=S(=O)(Nc1ccc(I)c(Br)c1)c1cncc(F)c1. The molecule has 1 aromatic heterocycles. The number of nitrogens with one attached hydrogen (secondary N) is 1. The Balaban J connectivity index is 2.33. The fraction of sp³-hybridized carbons (Fsp3) is 0. The van der Waals surface area contributed by atoms with Crippen molar-refractivity contribution in [1.29, 1.82) is 0 Å². The van der Waals surface area contributed by atoms with Crippen LogP contribution in [0.4, 0.5) is 10.1 Å². The van der Waals surface area contributed by atoms with Gasteiger partial charge in [-0.15, -0.1) is 0 Å². The zero-order valence-corrected chi connectivity index (χ0v) is 13.8. The molecule has 0 radical (unpaired) electrons. The number of benzene rings is 1. The summed E-state index contributed by atoms with van der Waals surface area (Å²) in [6.45, 7) is 0. The molecule has 0 unspecified atom stereocenters. The Labute approximate surface area is 131 Å². The second-order valence-electron chi connectivity index (χ2n) is 3.57. The average Bonchev–Trinajstić information content (AvgIpc) is 2.33. The maximum absolute atomic E-state index is 13.0. The standard InChI is InChI=1S/C11H7BrFIN2O2S/c12-10-4-8(1-2-11(10)14)16-19(17,18)9-3-7(13)5-15-6-9/h1-6,16H. The highest BCUT2D eigenvalue weighted by Crippen LogP contribution is 2.24. The van der Waals surface area contributed by atoms with Gasteiger partial charge < -0.3 is 0 Å². The van der Waals surface area contributed by atoms with E-state index in [1.165, 1.54) is 0 Å². The number of halogens is 3. The third kappa shape index (κ3) is 3.63. The largest absolute Gasteiger partial charge is 0.280 e. The van der Waals surface area contributed by atoms with Crippen LogP contribution in [0.5, 0.6) is 0 Å². The minimum Gasteiger partial charge on any atom is -0.280 e. The van der Waals surface area contributed by atoms with Crippen LogP contribution in [0.1, 0.15) is 0 Å². The molecule has 1 N–H and O–H groups in total. The van der Waals surface area contributed by atoms with Gasteiger partial charge in [0.15, 0.2) is 0 Å². The van der Waals surface area contributed by atoms with Gasteiger partial charge in [-0.05, 0) is 62.8 Å². The molecular formula is C11H7BrFIN2O2S. The first-order valence-corrected chi connectivity index (χ1v) is 8.32. The summed E-state index contributed by atoms with van der Waals surface area (Å²) in [6, 6.07) is 5.92. The molecule has 0 amide bonds. The molecule has 0 fully saturated rings. The summed E-state index contributed by atoms with van der Waals surface area (Å²) >= 11 is 5.42. The molecule has 0 aliphatic heterocycles. The zero-order chi connectivity index (χ0) is 14.0. The van der Waals surface area contributed by atoms with E-state index in [1.807, 2.05) is 0 Å². The second-order valence-corrected chi connectivity index (χ2v) is 7.27. The van der Waals surface area contributed by atoms with Crippen molar-refractivity contribution in [2.24, 2.45) is 0 Å². The molecular weight excluding hydrogens is 450 g/mol. The third-order valence-electron chi connectivity index (χ3n) is 2.16. The van der Waals surface area contributed by atoms with Gasteiger partial charge in [0.05, 0.1) is 11.9 Å². The van der Waals surface area contributed by atoms with Crippen molar-refractivity contribution < 1.29 is 12.8 Å². The highest BCUT2D eigenvalue weighted by atomic mass is 127. The van der Waals surface area contributed by atoms with Gasteiger partial charge in [0, 0.05) is 14.2 Å². The Kier molecular flexibility index (Phi) is 4.41. The number of nitrogens with zero attached hydrogens (tertiary/aromatic N) is 1. The van der Waals surface area contributed by atoms with E-state index in [0.29, 0.717) is 5.69 Å². The molecule has 19 heavy (non-hydrogen) atoms. The number of hydrogen-bond acceptors (Lipinski definition) is 3. The van der Waals surface area contributed by atoms with E-state index in [0.717, 1.165) is 26.5 Å². The van der Waals surface area contributed by atoms with Crippen LogP contribution in [0.3, 0.4) is 0 Å². The maximum atomic E-state index is 13.0. The van der Waals surface area contributed by atoms with Crippen LogP contribution in [-0.4, -0.2) is 13.4 Å². The molecule has 8 heteroatoms. The summed E-state index contributed by atoms with van der Waals surface area (Å²) in [4.78, 5) is 3.30. The first-order valence-electron chi connectivity index (χ1n) is 4.97. The summed E-state index contributed by atoms with van der Waals surface area (Å²) in [6.07, 6.45) is 2.04. The van der Waals surface area contributed by atoms with Crippen molar-refractivity contribution in [2.75, 3.05) is 4.72 Å². The molecule has 2 rings (SSSR count). The summed E-state index contributed by atoms with van der Waals surface area (Å²) in [7, 11) is -3.84. The highest BCUT2D eigenvalue weighted by Gasteiger charge is 2.15. The van der Waals surface area contributed by atoms with E-state index in [-0.39, 0.29) is 4.90 Å². The Morgan fingerprint density at radius 3 is 2.63 bits per heavy atom. The molecule has 0 aliphatic rings. The van der Waals surface area contributed by atoms with E-state index in [2.05, 4.69) is 48.2 Å². The predicted molar refractivity (Wildman–Crippen MR) is 81.9 cm³/mol. The molecule has 0 saturated heterocycles. The summed E-state index contributed by atoms with van der Waals surface area (Å²) in [5.74, 6) is -0.702. The first kappa shape index (κ1) is 14.7. The minimum atomic E-state index is -3.84. The quantitative estimate of drug-likeness (QED) is 0.720. The lowest BCUT2D eigenvalue weighted by Crippen LogP contribution is -2.13. The lowest BCUT2D eigenvalue weighted by atomic mass is 10.3. The number of aromatic nitrogens is 1. The molecule has 0 aliphatic carbocycles. The second kappa shape index (κ2) is 5.71. The molecule has 100 valence electrons. The van der Waals surface area contributed by atoms with Gasteiger partial charge in [-0.3, -0.25) is 9.71 Å². The molecule has 0 atom stereocenters. The Morgan fingerprint density at radius 2 is 2.00 bits per heavy atom. The fourth-order valence-electron chi connectivity index (χ4n) is 1.31. The Bertz CT molecular complexity index is 724. The fourth-order valence-corrected chi connectivity index (χ4v) is 3.05. The molecule has 1 heterocycles. The number of pyridine rings is 1. The average molecular weight is 457 g/mol. The van der Waals surface area contributed by atoms with E-state index >= 15 is 0 Å². The highest BCUT2D eigenvalue weighted by molar-refractivity contribution is 14.1. The van der Waals surface area contributed by atoms with Gasteiger partial charge >= 0.3 is 0 Å². The Hall–Kier alpha value is -0.740. The van der Waals surface area contributed by atoms with Crippen molar-refractivity contribution in [3.05, 3.63) is 50.5 Å². The summed E-state index contributed by atoms with van der Waals surface area (Å²) < 4.78 is 41.1. The maximum Gasteiger partial charge on any atom is 0.263 e. The normalized spacial score (nSPS) is 11.3. The van der Waals surface area contributed by atoms with Gasteiger partial charge in [-0.1, -0.05) is 0 Å². The smallest absolute Gasteiger partial charge is 0.263 e. The van der Waals surface area contributed by atoms with Crippen LogP contribution in [0.25, 0.3) is 0 Å². The molecule has 1 aromatic carbocycles. The van der Waals surface area contributed by atoms with Crippen molar-refractivity contribution in [3.8, 4) is 0 Å². The van der Waals surface area contributed by atoms with E-state index in [9.17, 15) is 12.8 Å². The summed E-state index contributed by atoms with van der Waals surface area (Å²) in [5.41, 5.74) is 0.386. The number of hydrogen-bond donors (Lipinski definition) is 1. The van der Waals surface area contributed by atoms with Crippen LogP contribution < -0.4 is 4.72 Å². The van der Waals surface area contributed by atoms with Crippen molar-refractivity contribution in [2.45, 2.75) is 4.90 Å². The van der Waals surface area contributed by atoms with Gasteiger partial charge in [0.2, 0.25) is 0 Å². The van der Waals surface area contributed by atoms with Crippen LogP contribution in [0.2, 0.25) is 0 Å². The number of rotatable bonds is 3. The first-order chi connectivity index (χ1) is 8.88. The van der Waals surface area contributed by atoms with Crippen LogP contribution in [-0.2, 0) is 10.0 Å². The number of sulfonamides is 1. The zero-order valence-electron chi connectivity index (χ0n) is 9.27. The van der Waals surface area contributed by atoms with Crippen LogP contribution in [0, 0.1) is 9.39 Å². The van der Waals surface area contributed by atoms with Crippen molar-refractivity contribution >= 4 is 54.2 Å². The van der Waals surface area contributed by atoms with E-state index < -0.39 is 15.8 Å². The van der Waals surface area contributed by atoms with Crippen LogP contribution >= 0.6 is 38.5 Å². The lowest BCUT2D eigenvalue weighted by molar-refractivity contribution is 0.592. The molecule has 0 spiro atoms. The third-order valence-corrected chi connectivity index (χ3v) is 5.85. The van der Waals surface area contributed by atoms with E-state index in [4.69, 9.17) is 0 Å². The van der Waals surface area contributed by atoms with Crippen molar-refractivity contribution in [3.63, 3.8) is 0 Å². The van der Waals surface area contributed by atoms with Crippen molar-refractivity contribution in [1.82, 2.24) is 4.98 Å². The number of anilines is 1. The predicted octanol–water partition coefficient (Wildman–Crippen LogP) is 3.39. The lowest BCUT2D eigenvalue weighted by Gasteiger charge is -2.08. The van der Waals surface area contributed by atoms with Gasteiger partial charge in [0.1, 0.15) is 10.7 Å². The Morgan fingerprint density at radius 1 is 1.26 bits per heavy atom. The summed E-state index contributed by atoms with van der Waals surface area (Å²) in [5, 5.41) is 0. The molecule has 4 nitrogen and oxygen atoms in total. The van der Waals surface area contributed by atoms with Gasteiger partial charge in [-0.2, -0.15) is 0 Å².